The topological polar surface area (TPSA) is 90.0 Å². The molecule has 2 aromatic carbocycles. The molecule has 174 valence electrons. The van der Waals surface area contributed by atoms with E-state index in [0.29, 0.717) is 28.6 Å². The molecule has 0 aliphatic heterocycles. The summed E-state index contributed by atoms with van der Waals surface area (Å²) in [5.74, 6) is -0.492. The molecule has 3 aromatic rings. The smallest absolute Gasteiger partial charge is 0.237 e. The van der Waals surface area contributed by atoms with Crippen LogP contribution >= 0.6 is 11.6 Å². The molecule has 1 heterocycles. The lowest BCUT2D eigenvalue weighted by Crippen LogP contribution is -2.42. The Labute approximate surface area is 198 Å². The molecule has 0 bridgehead atoms. The molecule has 0 aliphatic rings. The van der Waals surface area contributed by atoms with Crippen molar-refractivity contribution in [1.82, 2.24) is 14.9 Å². The molecule has 33 heavy (non-hydrogen) atoms. The molecule has 0 saturated carbocycles. The van der Waals surface area contributed by atoms with E-state index in [9.17, 15) is 14.0 Å². The Balaban J connectivity index is 2.02. The van der Waals surface area contributed by atoms with Crippen molar-refractivity contribution in [2.75, 3.05) is 0 Å². The summed E-state index contributed by atoms with van der Waals surface area (Å²) >= 11 is 6.20. The van der Waals surface area contributed by atoms with Gasteiger partial charge in [-0.3, -0.25) is 14.2 Å². The van der Waals surface area contributed by atoms with Crippen LogP contribution in [-0.4, -0.2) is 27.3 Å². The van der Waals surface area contributed by atoms with Crippen LogP contribution in [-0.2, 0) is 4.79 Å². The molecule has 1 amide bonds. The van der Waals surface area contributed by atoms with E-state index < -0.39 is 23.7 Å². The predicted molar refractivity (Wildman–Crippen MR) is 127 cm³/mol. The van der Waals surface area contributed by atoms with Crippen LogP contribution < -0.4 is 11.1 Å². The van der Waals surface area contributed by atoms with Gasteiger partial charge in [0.05, 0.1) is 35.2 Å². The number of rotatable bonds is 8. The fourth-order valence-electron chi connectivity index (χ4n) is 3.77. The first kappa shape index (κ1) is 24.6. The molecule has 0 radical (unpaired) electrons. The highest BCUT2D eigenvalue weighted by Gasteiger charge is 2.24. The van der Waals surface area contributed by atoms with E-state index in [1.54, 1.807) is 35.9 Å². The number of nitrogens with one attached hydrogen (secondary N) is 1. The van der Waals surface area contributed by atoms with Crippen LogP contribution in [0.5, 0.6) is 0 Å². The average molecular weight is 471 g/mol. The molecular formula is C25H28ClFN4O2. The fourth-order valence-corrected chi connectivity index (χ4v) is 3.94. The quantitative estimate of drug-likeness (QED) is 0.464. The van der Waals surface area contributed by atoms with Crippen LogP contribution in [0.2, 0.25) is 5.02 Å². The Morgan fingerprint density at radius 2 is 1.85 bits per heavy atom. The molecule has 0 spiro atoms. The number of aromatic nitrogens is 2. The summed E-state index contributed by atoms with van der Waals surface area (Å²) < 4.78 is 16.1. The van der Waals surface area contributed by atoms with Crippen molar-refractivity contribution in [3.63, 3.8) is 0 Å². The van der Waals surface area contributed by atoms with Crippen molar-refractivity contribution >= 4 is 23.3 Å². The van der Waals surface area contributed by atoms with Gasteiger partial charge in [0, 0.05) is 10.6 Å². The van der Waals surface area contributed by atoms with Crippen LogP contribution in [0.4, 0.5) is 4.39 Å². The minimum atomic E-state index is -0.626. The number of carbonyl (C=O) groups is 2. The molecule has 1 aromatic heterocycles. The number of benzene rings is 2. The number of amides is 1. The second kappa shape index (κ2) is 10.3. The normalized spacial score (nSPS) is 13.1. The molecule has 3 N–H and O–H groups in total. The summed E-state index contributed by atoms with van der Waals surface area (Å²) in [5, 5.41) is 3.28. The van der Waals surface area contributed by atoms with Gasteiger partial charge in [-0.05, 0) is 56.5 Å². The Morgan fingerprint density at radius 1 is 1.15 bits per heavy atom. The minimum Gasteiger partial charge on any atom is -0.347 e. The summed E-state index contributed by atoms with van der Waals surface area (Å²) in [7, 11) is 0. The van der Waals surface area contributed by atoms with Crippen LogP contribution in [0.3, 0.4) is 0 Å². The third kappa shape index (κ3) is 5.49. The summed E-state index contributed by atoms with van der Waals surface area (Å²) in [6.45, 7) is 7.61. The number of ketones is 1. The fraction of sp³-hybridized carbons (Fsp3) is 0.320. The zero-order valence-electron chi connectivity index (χ0n) is 19.1. The highest BCUT2D eigenvalue weighted by molar-refractivity contribution is 6.31. The van der Waals surface area contributed by atoms with Crippen molar-refractivity contribution < 1.29 is 14.0 Å². The SMILES string of the molecule is Cc1ncc(C(C)NC(=O)[C@@H](N)CC(C)C)n1-c1ccc(Cl)cc1C(=O)c1ccccc1F. The Kier molecular flexibility index (Phi) is 7.66. The third-order valence-electron chi connectivity index (χ3n) is 5.39. The standard InChI is InChI=1S/C25H28ClFN4O2/c1-14(2)11-21(28)25(33)30-15(3)23-13-29-16(4)31(23)22-10-9-17(26)12-19(22)24(32)18-7-5-6-8-20(18)27/h5-10,12-15,21H,11,28H2,1-4H3,(H,30,33)/t15?,21-/m0/s1. The van der Waals surface area contributed by atoms with Gasteiger partial charge in [-0.2, -0.15) is 0 Å². The second-order valence-corrected chi connectivity index (χ2v) is 8.94. The van der Waals surface area contributed by atoms with E-state index in [0.717, 1.165) is 0 Å². The van der Waals surface area contributed by atoms with Crippen LogP contribution in [0.15, 0.2) is 48.7 Å². The molecule has 6 nitrogen and oxygen atoms in total. The first-order valence-electron chi connectivity index (χ1n) is 10.8. The van der Waals surface area contributed by atoms with Crippen molar-refractivity contribution in [3.8, 4) is 5.69 Å². The number of nitrogens with two attached hydrogens (primary N) is 1. The van der Waals surface area contributed by atoms with E-state index in [1.807, 2.05) is 20.8 Å². The second-order valence-electron chi connectivity index (χ2n) is 8.50. The number of carbonyl (C=O) groups excluding carboxylic acids is 2. The third-order valence-corrected chi connectivity index (χ3v) is 5.63. The number of aryl methyl sites for hydroxylation is 1. The summed E-state index contributed by atoms with van der Waals surface area (Å²) in [6.07, 6.45) is 2.20. The lowest BCUT2D eigenvalue weighted by Gasteiger charge is -2.21. The van der Waals surface area contributed by atoms with E-state index in [1.165, 1.54) is 24.3 Å². The lowest BCUT2D eigenvalue weighted by molar-refractivity contribution is -0.123. The molecule has 2 atom stereocenters. The maximum Gasteiger partial charge on any atom is 0.237 e. The summed E-state index contributed by atoms with van der Waals surface area (Å²) in [4.78, 5) is 30.2. The number of nitrogens with zero attached hydrogens (tertiary/aromatic N) is 2. The lowest BCUT2D eigenvalue weighted by atomic mass is 10.0. The van der Waals surface area contributed by atoms with E-state index >= 15 is 0 Å². The molecule has 0 fully saturated rings. The molecule has 8 heteroatoms. The number of hydrogen-bond donors (Lipinski definition) is 2. The minimum absolute atomic E-state index is 0.0543. The van der Waals surface area contributed by atoms with Crippen LogP contribution in [0.1, 0.15) is 60.7 Å². The first-order valence-corrected chi connectivity index (χ1v) is 11.2. The van der Waals surface area contributed by atoms with Gasteiger partial charge in [0.2, 0.25) is 5.91 Å². The first-order chi connectivity index (χ1) is 15.6. The highest BCUT2D eigenvalue weighted by Crippen LogP contribution is 2.28. The van der Waals surface area contributed by atoms with Crippen molar-refractivity contribution in [1.29, 1.82) is 0 Å². The van der Waals surface area contributed by atoms with Gasteiger partial charge < -0.3 is 11.1 Å². The molecule has 1 unspecified atom stereocenters. The predicted octanol–water partition coefficient (Wildman–Crippen LogP) is 4.75. The molecule has 0 saturated heterocycles. The van der Waals surface area contributed by atoms with Crippen LogP contribution in [0, 0.1) is 18.7 Å². The Bertz CT molecular complexity index is 1170. The zero-order valence-corrected chi connectivity index (χ0v) is 19.9. The number of imidazole rings is 1. The van der Waals surface area contributed by atoms with Crippen molar-refractivity contribution in [2.45, 2.75) is 46.2 Å². The number of halogens is 2. The van der Waals surface area contributed by atoms with Gasteiger partial charge in [-0.15, -0.1) is 0 Å². The average Bonchev–Trinajstić information content (AvgIpc) is 3.14. The van der Waals surface area contributed by atoms with Crippen molar-refractivity contribution in [3.05, 3.63) is 82.1 Å². The van der Waals surface area contributed by atoms with Crippen molar-refractivity contribution in [2.24, 2.45) is 11.7 Å². The van der Waals surface area contributed by atoms with Crippen LogP contribution in [0.25, 0.3) is 5.69 Å². The maximum atomic E-state index is 14.4. The van der Waals surface area contributed by atoms with E-state index in [-0.39, 0.29) is 23.0 Å². The molecule has 0 aliphatic carbocycles. The van der Waals surface area contributed by atoms with Gasteiger partial charge in [0.25, 0.3) is 0 Å². The summed E-state index contributed by atoms with van der Waals surface area (Å²) in [6, 6.07) is 9.59. The van der Waals surface area contributed by atoms with Gasteiger partial charge in [0.15, 0.2) is 5.78 Å². The zero-order chi connectivity index (χ0) is 24.3. The van der Waals surface area contributed by atoms with Gasteiger partial charge in [0.1, 0.15) is 11.6 Å². The summed E-state index contributed by atoms with van der Waals surface area (Å²) in [5.41, 5.74) is 7.35. The largest absolute Gasteiger partial charge is 0.347 e. The van der Waals surface area contributed by atoms with E-state index in [2.05, 4.69) is 10.3 Å². The molecular weight excluding hydrogens is 443 g/mol. The van der Waals surface area contributed by atoms with E-state index in [4.69, 9.17) is 17.3 Å². The Morgan fingerprint density at radius 3 is 2.52 bits per heavy atom. The maximum absolute atomic E-state index is 14.4. The van der Waals surface area contributed by atoms with Gasteiger partial charge in [-0.25, -0.2) is 9.37 Å². The Hall–Kier alpha value is -3.03. The van der Waals surface area contributed by atoms with Gasteiger partial charge in [-0.1, -0.05) is 37.6 Å². The monoisotopic (exact) mass is 470 g/mol. The molecule has 3 rings (SSSR count). The van der Waals surface area contributed by atoms with Gasteiger partial charge >= 0.3 is 0 Å². The highest BCUT2D eigenvalue weighted by atomic mass is 35.5. The number of hydrogen-bond acceptors (Lipinski definition) is 4.